The van der Waals surface area contributed by atoms with E-state index in [9.17, 15) is 4.79 Å². The van der Waals surface area contributed by atoms with Gasteiger partial charge in [0.25, 0.3) is 0 Å². The van der Waals surface area contributed by atoms with Crippen molar-refractivity contribution in [2.24, 2.45) is 0 Å². The predicted octanol–water partition coefficient (Wildman–Crippen LogP) is 3.88. The standard InChI is InChI=1S/C17H21NO2/c1-5-14(8-6-7-13(2)3)11-16-10-9-15(12-18-16)17(19)20-4/h5-10,12H,11H2,1-4H3/b8-6-,14-5+. The van der Waals surface area contributed by atoms with Gasteiger partial charge in [-0.1, -0.05) is 29.9 Å². The van der Waals surface area contributed by atoms with Crippen LogP contribution in [0.1, 0.15) is 36.8 Å². The number of rotatable bonds is 5. The lowest BCUT2D eigenvalue weighted by Gasteiger charge is -2.03. The lowest BCUT2D eigenvalue weighted by molar-refractivity contribution is 0.0600. The molecule has 0 saturated carbocycles. The second-order valence-corrected chi connectivity index (χ2v) is 4.67. The van der Waals surface area contributed by atoms with Gasteiger partial charge in [-0.25, -0.2) is 4.79 Å². The van der Waals surface area contributed by atoms with E-state index < -0.39 is 0 Å². The molecule has 1 rings (SSSR count). The molecule has 3 heteroatoms. The summed E-state index contributed by atoms with van der Waals surface area (Å²) in [5, 5.41) is 0. The second kappa shape index (κ2) is 8.10. The fraction of sp³-hybridized carbons (Fsp3) is 0.294. The van der Waals surface area contributed by atoms with E-state index >= 15 is 0 Å². The van der Waals surface area contributed by atoms with Gasteiger partial charge in [0.2, 0.25) is 0 Å². The van der Waals surface area contributed by atoms with Gasteiger partial charge in [-0.2, -0.15) is 0 Å². The van der Waals surface area contributed by atoms with E-state index in [4.69, 9.17) is 0 Å². The number of carbonyl (C=O) groups is 1. The topological polar surface area (TPSA) is 39.2 Å². The van der Waals surface area contributed by atoms with Gasteiger partial charge in [-0.15, -0.1) is 0 Å². The van der Waals surface area contributed by atoms with Gasteiger partial charge in [0.15, 0.2) is 0 Å². The molecule has 0 unspecified atom stereocenters. The number of hydrogen-bond donors (Lipinski definition) is 0. The van der Waals surface area contributed by atoms with Gasteiger partial charge in [-0.05, 0) is 38.5 Å². The van der Waals surface area contributed by atoms with Crippen LogP contribution in [0.25, 0.3) is 0 Å². The van der Waals surface area contributed by atoms with Gasteiger partial charge in [-0.3, -0.25) is 4.98 Å². The minimum atomic E-state index is -0.362. The number of allylic oxidation sites excluding steroid dienone is 6. The van der Waals surface area contributed by atoms with E-state index in [0.29, 0.717) is 5.56 Å². The number of ether oxygens (including phenoxy) is 1. The zero-order valence-electron chi connectivity index (χ0n) is 12.5. The summed E-state index contributed by atoms with van der Waals surface area (Å²) in [5.41, 5.74) is 3.84. The molecule has 106 valence electrons. The summed E-state index contributed by atoms with van der Waals surface area (Å²) in [6.45, 7) is 6.13. The molecule has 0 N–H and O–H groups in total. The van der Waals surface area contributed by atoms with E-state index in [-0.39, 0.29) is 5.97 Å². The minimum absolute atomic E-state index is 0.362. The number of carbonyl (C=O) groups excluding carboxylic acids is 1. The van der Waals surface area contributed by atoms with Crippen molar-refractivity contribution in [2.75, 3.05) is 7.11 Å². The van der Waals surface area contributed by atoms with Crippen molar-refractivity contribution < 1.29 is 9.53 Å². The fourth-order valence-electron chi connectivity index (χ4n) is 1.60. The average Bonchev–Trinajstić information content (AvgIpc) is 2.45. The molecular formula is C17H21NO2. The Kier molecular flexibility index (Phi) is 6.44. The maximum Gasteiger partial charge on any atom is 0.339 e. The van der Waals surface area contributed by atoms with Crippen molar-refractivity contribution in [3.8, 4) is 0 Å². The Morgan fingerprint density at radius 3 is 2.60 bits per heavy atom. The molecule has 1 aromatic rings. The van der Waals surface area contributed by atoms with Gasteiger partial charge >= 0.3 is 5.97 Å². The van der Waals surface area contributed by atoms with Crippen LogP contribution in [0.4, 0.5) is 0 Å². The second-order valence-electron chi connectivity index (χ2n) is 4.67. The summed E-state index contributed by atoms with van der Waals surface area (Å²) < 4.78 is 4.65. The minimum Gasteiger partial charge on any atom is -0.465 e. The van der Waals surface area contributed by atoms with Crippen LogP contribution >= 0.6 is 0 Å². The molecule has 1 heterocycles. The number of hydrogen-bond acceptors (Lipinski definition) is 3. The lowest BCUT2D eigenvalue weighted by atomic mass is 10.1. The van der Waals surface area contributed by atoms with Crippen molar-refractivity contribution in [3.63, 3.8) is 0 Å². The van der Waals surface area contributed by atoms with Crippen LogP contribution in [0.15, 0.2) is 53.8 Å². The molecule has 0 radical (unpaired) electrons. The Labute approximate surface area is 120 Å². The molecule has 0 aliphatic rings. The first-order valence-corrected chi connectivity index (χ1v) is 6.56. The zero-order chi connectivity index (χ0) is 15.0. The summed E-state index contributed by atoms with van der Waals surface area (Å²) in [5.74, 6) is -0.362. The van der Waals surface area contributed by atoms with Crippen LogP contribution in [0, 0.1) is 0 Å². The quantitative estimate of drug-likeness (QED) is 0.602. The monoisotopic (exact) mass is 271 g/mol. The van der Waals surface area contributed by atoms with Crippen molar-refractivity contribution >= 4 is 5.97 Å². The maximum absolute atomic E-state index is 11.3. The molecule has 0 saturated heterocycles. The number of methoxy groups -OCH3 is 1. The number of pyridine rings is 1. The Morgan fingerprint density at radius 1 is 1.35 bits per heavy atom. The Balaban J connectivity index is 2.74. The van der Waals surface area contributed by atoms with Gasteiger partial charge < -0.3 is 4.74 Å². The summed E-state index contributed by atoms with van der Waals surface area (Å²) in [6.07, 6.45) is 10.5. The molecule has 0 bridgehead atoms. The summed E-state index contributed by atoms with van der Waals surface area (Å²) in [4.78, 5) is 15.6. The molecule has 0 aliphatic heterocycles. The third kappa shape index (κ3) is 5.22. The molecule has 0 amide bonds. The zero-order valence-corrected chi connectivity index (χ0v) is 12.5. The smallest absolute Gasteiger partial charge is 0.339 e. The summed E-state index contributed by atoms with van der Waals surface area (Å²) in [6, 6.07) is 3.59. The molecule has 1 aromatic heterocycles. The molecule has 0 atom stereocenters. The van der Waals surface area contributed by atoms with Gasteiger partial charge in [0.1, 0.15) is 0 Å². The largest absolute Gasteiger partial charge is 0.465 e. The van der Waals surface area contributed by atoms with Crippen molar-refractivity contribution in [1.29, 1.82) is 0 Å². The van der Waals surface area contributed by atoms with Crippen LogP contribution in [0.5, 0.6) is 0 Å². The third-order valence-electron chi connectivity index (χ3n) is 2.74. The van der Waals surface area contributed by atoms with Crippen LogP contribution in [-0.4, -0.2) is 18.1 Å². The molecular weight excluding hydrogens is 250 g/mol. The summed E-state index contributed by atoms with van der Waals surface area (Å²) >= 11 is 0. The van der Waals surface area contributed by atoms with Crippen molar-refractivity contribution in [3.05, 3.63) is 65.0 Å². The molecule has 0 fully saturated rings. The van der Waals surface area contributed by atoms with Crippen LogP contribution in [-0.2, 0) is 11.2 Å². The van der Waals surface area contributed by atoms with Gasteiger partial charge in [0, 0.05) is 18.3 Å². The number of nitrogens with zero attached hydrogens (tertiary/aromatic N) is 1. The van der Waals surface area contributed by atoms with E-state index in [0.717, 1.165) is 12.1 Å². The molecule has 20 heavy (non-hydrogen) atoms. The van der Waals surface area contributed by atoms with E-state index in [1.807, 2.05) is 19.1 Å². The molecule has 0 aromatic carbocycles. The van der Waals surface area contributed by atoms with Crippen LogP contribution < -0.4 is 0 Å². The number of aromatic nitrogens is 1. The normalized spacial score (nSPS) is 11.5. The summed E-state index contributed by atoms with van der Waals surface area (Å²) in [7, 11) is 1.36. The first kappa shape index (κ1) is 15.9. The van der Waals surface area contributed by atoms with Crippen molar-refractivity contribution in [1.82, 2.24) is 4.98 Å². The van der Waals surface area contributed by atoms with Crippen LogP contribution in [0.3, 0.4) is 0 Å². The van der Waals surface area contributed by atoms with E-state index in [2.05, 4.69) is 41.8 Å². The number of esters is 1. The highest BCUT2D eigenvalue weighted by molar-refractivity contribution is 5.88. The third-order valence-corrected chi connectivity index (χ3v) is 2.74. The lowest BCUT2D eigenvalue weighted by Crippen LogP contribution is -2.02. The predicted molar refractivity (Wildman–Crippen MR) is 81.6 cm³/mol. The Hall–Kier alpha value is -2.16. The fourth-order valence-corrected chi connectivity index (χ4v) is 1.60. The van der Waals surface area contributed by atoms with Crippen LogP contribution in [0.2, 0.25) is 0 Å². The highest BCUT2D eigenvalue weighted by Crippen LogP contribution is 2.09. The maximum atomic E-state index is 11.3. The highest BCUT2D eigenvalue weighted by atomic mass is 16.5. The van der Waals surface area contributed by atoms with E-state index in [1.54, 1.807) is 12.3 Å². The first-order chi connectivity index (χ1) is 9.56. The molecule has 0 aliphatic carbocycles. The molecule has 3 nitrogen and oxygen atoms in total. The highest BCUT2D eigenvalue weighted by Gasteiger charge is 2.05. The Morgan fingerprint density at radius 2 is 2.10 bits per heavy atom. The SMILES string of the molecule is C/C=C(\C=C/C=C(C)C)Cc1ccc(C(=O)OC)cn1. The average molecular weight is 271 g/mol. The Bertz CT molecular complexity index is 533. The van der Waals surface area contributed by atoms with E-state index in [1.165, 1.54) is 18.3 Å². The first-order valence-electron chi connectivity index (χ1n) is 6.56. The van der Waals surface area contributed by atoms with Gasteiger partial charge in [0.05, 0.1) is 12.7 Å². The molecule has 0 spiro atoms. The van der Waals surface area contributed by atoms with Crippen molar-refractivity contribution in [2.45, 2.75) is 27.2 Å².